The van der Waals surface area contributed by atoms with Crippen LogP contribution in [0.15, 0.2) is 107 Å². The Morgan fingerprint density at radius 1 is 0.938 bits per heavy atom. The SMILES string of the molecule is CCN(CC)CCN(Cc1ccc(-c2ccc(Cl)cc2)cc1)C(=O)Cn1cc(C(C)c2cn[nH]c2)c(=O)nc1SCc1ccccc1.Cl. The number of benzene rings is 3. The van der Waals surface area contributed by atoms with Gasteiger partial charge in [-0.25, -0.2) is 0 Å². The average Bonchev–Trinajstić information content (AvgIpc) is 3.64. The third-order valence-corrected chi connectivity index (χ3v) is 9.74. The number of thioether (sulfide) groups is 1. The van der Waals surface area contributed by atoms with Crippen molar-refractivity contribution in [3.63, 3.8) is 0 Å². The maximum Gasteiger partial charge on any atom is 0.277 e. The van der Waals surface area contributed by atoms with Crippen LogP contribution in [0.1, 0.15) is 48.9 Å². The highest BCUT2D eigenvalue weighted by atomic mass is 35.5. The number of carbonyl (C=O) groups is 1. The van der Waals surface area contributed by atoms with E-state index in [4.69, 9.17) is 11.6 Å². The van der Waals surface area contributed by atoms with Gasteiger partial charge in [0, 0.05) is 54.3 Å². The van der Waals surface area contributed by atoms with Gasteiger partial charge in [0.1, 0.15) is 6.54 Å². The van der Waals surface area contributed by atoms with Gasteiger partial charge in [0.25, 0.3) is 5.56 Å². The van der Waals surface area contributed by atoms with Crippen molar-refractivity contribution in [1.29, 1.82) is 0 Å². The fourth-order valence-electron chi connectivity index (χ4n) is 5.42. The summed E-state index contributed by atoms with van der Waals surface area (Å²) in [5.74, 6) is 0.359. The van der Waals surface area contributed by atoms with E-state index in [1.807, 2.05) is 77.2 Å². The molecule has 0 aliphatic carbocycles. The van der Waals surface area contributed by atoms with Crippen molar-refractivity contribution in [2.24, 2.45) is 0 Å². The number of aromatic nitrogens is 4. The van der Waals surface area contributed by atoms with Crippen LogP contribution < -0.4 is 5.56 Å². The van der Waals surface area contributed by atoms with Crippen molar-refractivity contribution in [2.45, 2.75) is 50.7 Å². The summed E-state index contributed by atoms with van der Waals surface area (Å²) < 4.78 is 1.84. The normalized spacial score (nSPS) is 11.7. The maximum absolute atomic E-state index is 14.2. The lowest BCUT2D eigenvalue weighted by atomic mass is 9.98. The standard InChI is InChI=1S/C37H41ClN6O2S.ClH/c1-4-42(5-2)19-20-43(23-28-11-13-30(14-12-28)31-15-17-33(38)18-16-31)35(45)25-44-24-34(27(3)32-21-39-40-22-32)36(46)41-37(44)47-26-29-9-7-6-8-10-29;/h6-18,21-22,24,27H,4-5,19-20,23,25-26H2,1-3H3,(H,39,40);1H. The molecule has 2 heterocycles. The van der Waals surface area contributed by atoms with Gasteiger partial charge < -0.3 is 14.4 Å². The lowest BCUT2D eigenvalue weighted by Crippen LogP contribution is -2.40. The number of aromatic amines is 1. The second kappa shape index (κ2) is 18.0. The second-order valence-electron chi connectivity index (χ2n) is 11.5. The Bertz CT molecular complexity index is 1780. The van der Waals surface area contributed by atoms with E-state index in [0.29, 0.717) is 34.6 Å². The van der Waals surface area contributed by atoms with Crippen LogP contribution in [0.2, 0.25) is 5.02 Å². The van der Waals surface area contributed by atoms with Crippen LogP contribution in [0.5, 0.6) is 0 Å². The van der Waals surface area contributed by atoms with E-state index in [9.17, 15) is 9.59 Å². The molecule has 0 fully saturated rings. The molecule has 3 aromatic carbocycles. The van der Waals surface area contributed by atoms with E-state index in [1.165, 1.54) is 11.8 Å². The molecule has 0 aliphatic heterocycles. The zero-order valence-electron chi connectivity index (χ0n) is 27.5. The van der Waals surface area contributed by atoms with Gasteiger partial charge in [-0.15, -0.1) is 12.4 Å². The van der Waals surface area contributed by atoms with E-state index < -0.39 is 0 Å². The number of nitrogens with zero attached hydrogens (tertiary/aromatic N) is 5. The Balaban J connectivity index is 0.00000520. The maximum atomic E-state index is 14.2. The summed E-state index contributed by atoms with van der Waals surface area (Å²) in [6.07, 6.45) is 5.30. The summed E-state index contributed by atoms with van der Waals surface area (Å²) in [7, 11) is 0. The highest BCUT2D eigenvalue weighted by Crippen LogP contribution is 2.25. The first-order valence-electron chi connectivity index (χ1n) is 16.0. The van der Waals surface area contributed by atoms with Gasteiger partial charge in [-0.05, 0) is 53.0 Å². The van der Waals surface area contributed by atoms with Crippen LogP contribution in [0.3, 0.4) is 0 Å². The molecule has 1 N–H and O–H groups in total. The van der Waals surface area contributed by atoms with Crippen LogP contribution in [-0.4, -0.2) is 61.6 Å². The quantitative estimate of drug-likeness (QED) is 0.0896. The first-order chi connectivity index (χ1) is 22.8. The number of carbonyl (C=O) groups excluding carboxylic acids is 1. The molecular formula is C37H42Cl2N6O2S. The highest BCUT2D eigenvalue weighted by molar-refractivity contribution is 7.98. The summed E-state index contributed by atoms with van der Waals surface area (Å²) in [6, 6.07) is 26.2. The number of hydrogen-bond acceptors (Lipinski definition) is 6. The highest BCUT2D eigenvalue weighted by Gasteiger charge is 2.21. The third-order valence-electron chi connectivity index (χ3n) is 8.43. The molecule has 5 rings (SSSR count). The molecule has 1 amide bonds. The Kier molecular flexibility index (Phi) is 13.9. The number of hydrogen-bond donors (Lipinski definition) is 1. The van der Waals surface area contributed by atoms with Crippen molar-refractivity contribution in [3.05, 3.63) is 135 Å². The zero-order valence-corrected chi connectivity index (χ0v) is 29.9. The summed E-state index contributed by atoms with van der Waals surface area (Å²) in [4.78, 5) is 36.3. The van der Waals surface area contributed by atoms with Gasteiger partial charge in [-0.2, -0.15) is 10.1 Å². The molecular weight excluding hydrogens is 663 g/mol. The lowest BCUT2D eigenvalue weighted by Gasteiger charge is -2.27. The minimum atomic E-state index is -0.294. The second-order valence-corrected chi connectivity index (χ2v) is 12.9. The van der Waals surface area contributed by atoms with Gasteiger partial charge in [0.15, 0.2) is 5.16 Å². The van der Waals surface area contributed by atoms with Crippen molar-refractivity contribution in [1.82, 2.24) is 29.5 Å². The molecule has 2 aromatic heterocycles. The Labute approximate surface area is 298 Å². The molecule has 5 aromatic rings. The number of nitrogens with one attached hydrogen (secondary N) is 1. The van der Waals surface area contributed by atoms with Crippen LogP contribution >= 0.6 is 35.8 Å². The molecule has 48 heavy (non-hydrogen) atoms. The summed E-state index contributed by atoms with van der Waals surface area (Å²) >= 11 is 7.55. The third kappa shape index (κ3) is 9.82. The number of amides is 1. The van der Waals surface area contributed by atoms with Crippen LogP contribution in [0.25, 0.3) is 11.1 Å². The van der Waals surface area contributed by atoms with Crippen LogP contribution in [0.4, 0.5) is 0 Å². The predicted molar refractivity (Wildman–Crippen MR) is 198 cm³/mol. The molecule has 252 valence electrons. The van der Waals surface area contributed by atoms with Crippen LogP contribution in [-0.2, 0) is 23.6 Å². The minimum absolute atomic E-state index is 0. The van der Waals surface area contributed by atoms with E-state index in [1.54, 1.807) is 12.4 Å². The molecule has 0 saturated heterocycles. The van der Waals surface area contributed by atoms with Crippen molar-refractivity contribution in [3.8, 4) is 11.1 Å². The van der Waals surface area contributed by atoms with Crippen molar-refractivity contribution < 1.29 is 4.79 Å². The molecule has 0 spiro atoms. The van der Waals surface area contributed by atoms with Gasteiger partial charge in [0.05, 0.1) is 6.20 Å². The molecule has 0 saturated carbocycles. The van der Waals surface area contributed by atoms with E-state index >= 15 is 0 Å². The molecule has 8 nitrogen and oxygen atoms in total. The largest absolute Gasteiger partial charge is 0.336 e. The average molecular weight is 706 g/mol. The first-order valence-corrected chi connectivity index (χ1v) is 17.3. The monoisotopic (exact) mass is 704 g/mol. The van der Waals surface area contributed by atoms with E-state index in [0.717, 1.165) is 47.5 Å². The van der Waals surface area contributed by atoms with Crippen molar-refractivity contribution in [2.75, 3.05) is 26.2 Å². The fourth-order valence-corrected chi connectivity index (χ4v) is 6.47. The molecule has 0 radical (unpaired) electrons. The number of rotatable bonds is 15. The minimum Gasteiger partial charge on any atom is -0.336 e. The zero-order chi connectivity index (χ0) is 33.2. The predicted octanol–water partition coefficient (Wildman–Crippen LogP) is 7.52. The van der Waals surface area contributed by atoms with E-state index in [-0.39, 0.29) is 36.3 Å². The fraction of sp³-hybridized carbons (Fsp3) is 0.297. The molecule has 0 bridgehead atoms. The number of H-pyrrole nitrogens is 1. The summed E-state index contributed by atoms with van der Waals surface area (Å²) in [5.41, 5.74) is 5.44. The molecule has 11 heteroatoms. The molecule has 1 unspecified atom stereocenters. The van der Waals surface area contributed by atoms with Gasteiger partial charge in [-0.1, -0.05) is 111 Å². The van der Waals surface area contributed by atoms with Crippen molar-refractivity contribution >= 4 is 41.7 Å². The first kappa shape index (κ1) is 36.9. The topological polar surface area (TPSA) is 87.1 Å². The van der Waals surface area contributed by atoms with E-state index in [2.05, 4.69) is 58.2 Å². The number of likely N-dealkylation sites (N-methyl/N-ethyl adjacent to an activating group) is 1. The Morgan fingerprint density at radius 3 is 2.23 bits per heavy atom. The smallest absolute Gasteiger partial charge is 0.277 e. The molecule has 0 aliphatic rings. The van der Waals surface area contributed by atoms with Gasteiger partial charge in [-0.3, -0.25) is 14.7 Å². The molecule has 1 atom stereocenters. The summed E-state index contributed by atoms with van der Waals surface area (Å²) in [6.45, 7) is 9.93. The van der Waals surface area contributed by atoms with Crippen LogP contribution in [0, 0.1) is 0 Å². The van der Waals surface area contributed by atoms with Gasteiger partial charge >= 0.3 is 0 Å². The Morgan fingerprint density at radius 2 is 1.60 bits per heavy atom. The van der Waals surface area contributed by atoms with Gasteiger partial charge in [0.2, 0.25) is 5.91 Å². The lowest BCUT2D eigenvalue weighted by molar-refractivity contribution is -0.132. The Hall–Kier alpha value is -3.89. The summed E-state index contributed by atoms with van der Waals surface area (Å²) in [5, 5.41) is 8.11. The number of halogens is 2.